The Morgan fingerprint density at radius 3 is 2.71 bits per heavy atom. The van der Waals surface area contributed by atoms with Crippen LogP contribution < -0.4 is 19.7 Å². The zero-order chi connectivity index (χ0) is 21.8. The summed E-state index contributed by atoms with van der Waals surface area (Å²) in [4.78, 5) is 28.6. The molecule has 31 heavy (non-hydrogen) atoms. The molecule has 3 aliphatic rings. The van der Waals surface area contributed by atoms with Crippen molar-refractivity contribution in [3.63, 3.8) is 0 Å². The maximum atomic E-state index is 13.5. The molecule has 160 valence electrons. The molecule has 2 aliphatic heterocycles. The number of carbonyl (C=O) groups is 2. The second kappa shape index (κ2) is 7.15. The number of benzene rings is 2. The van der Waals surface area contributed by atoms with E-state index >= 15 is 0 Å². The van der Waals surface area contributed by atoms with E-state index in [0.717, 1.165) is 29.1 Å². The van der Waals surface area contributed by atoms with E-state index < -0.39 is 6.04 Å². The summed E-state index contributed by atoms with van der Waals surface area (Å²) in [5.74, 6) is 1.35. The number of ether oxygens (including phenoxy) is 2. The number of rotatable bonds is 2. The van der Waals surface area contributed by atoms with Gasteiger partial charge in [0.1, 0.15) is 0 Å². The van der Waals surface area contributed by atoms with Crippen molar-refractivity contribution in [3.8, 4) is 11.5 Å². The van der Waals surface area contributed by atoms with Gasteiger partial charge in [-0.3, -0.25) is 14.5 Å². The van der Waals surface area contributed by atoms with Crippen molar-refractivity contribution >= 4 is 23.1 Å². The summed E-state index contributed by atoms with van der Waals surface area (Å²) >= 11 is 0. The lowest BCUT2D eigenvalue weighted by molar-refractivity contribution is -0.119. The minimum atomic E-state index is -0.531. The zero-order valence-corrected chi connectivity index (χ0v) is 18.0. The number of anilines is 2. The Labute approximate surface area is 181 Å². The standard InChI is InChI=1S/C25H26N2O4/c1-4-22(29)27-18-8-6-5-7-16(18)26-17-12-25(2,3)13-19(28)23(17)24(27)15-9-10-20-21(11-15)31-14-30-20/h5-11,24,26H,4,12-14H2,1-3H3/t24-/m1/s1. The number of ketones is 1. The Balaban J connectivity index is 1.77. The Hall–Kier alpha value is -3.28. The lowest BCUT2D eigenvalue weighted by Crippen LogP contribution is -2.39. The van der Waals surface area contributed by atoms with E-state index in [1.807, 2.05) is 49.4 Å². The molecule has 0 spiro atoms. The molecule has 6 heteroatoms. The Morgan fingerprint density at radius 1 is 1.13 bits per heavy atom. The predicted octanol–water partition coefficient (Wildman–Crippen LogP) is 4.97. The summed E-state index contributed by atoms with van der Waals surface area (Å²) < 4.78 is 11.1. The van der Waals surface area contributed by atoms with Crippen LogP contribution in [0.25, 0.3) is 0 Å². The Bertz CT molecular complexity index is 1120. The van der Waals surface area contributed by atoms with Crippen LogP contribution in [-0.4, -0.2) is 18.5 Å². The second-order valence-electron chi connectivity index (χ2n) is 9.11. The van der Waals surface area contributed by atoms with Crippen molar-refractivity contribution < 1.29 is 19.1 Å². The fraction of sp³-hybridized carbons (Fsp3) is 0.360. The average Bonchev–Trinajstić information content (AvgIpc) is 3.14. The highest BCUT2D eigenvalue weighted by molar-refractivity contribution is 6.06. The minimum absolute atomic E-state index is 0.0386. The van der Waals surface area contributed by atoms with Crippen molar-refractivity contribution in [1.29, 1.82) is 0 Å². The van der Waals surface area contributed by atoms with E-state index in [9.17, 15) is 9.59 Å². The number of fused-ring (bicyclic) bond motifs is 2. The number of Topliss-reactive ketones (excluding diaryl/α,β-unsaturated/α-hetero) is 1. The molecule has 0 bridgehead atoms. The number of hydrogen-bond acceptors (Lipinski definition) is 5. The van der Waals surface area contributed by atoms with Gasteiger partial charge in [0, 0.05) is 24.1 Å². The molecule has 1 atom stereocenters. The number of para-hydroxylation sites is 2. The summed E-state index contributed by atoms with van der Waals surface area (Å²) in [5.41, 5.74) is 3.85. The smallest absolute Gasteiger partial charge is 0.231 e. The Morgan fingerprint density at radius 2 is 1.90 bits per heavy atom. The van der Waals surface area contributed by atoms with Crippen LogP contribution in [0.3, 0.4) is 0 Å². The third-order valence-corrected chi connectivity index (χ3v) is 6.18. The molecule has 2 aromatic carbocycles. The monoisotopic (exact) mass is 418 g/mol. The maximum Gasteiger partial charge on any atom is 0.231 e. The fourth-order valence-electron chi connectivity index (χ4n) is 4.83. The summed E-state index contributed by atoms with van der Waals surface area (Å²) in [7, 11) is 0. The van der Waals surface area contributed by atoms with Crippen molar-refractivity contribution in [2.75, 3.05) is 17.0 Å². The van der Waals surface area contributed by atoms with Crippen molar-refractivity contribution in [1.82, 2.24) is 0 Å². The zero-order valence-electron chi connectivity index (χ0n) is 18.0. The average molecular weight is 418 g/mol. The number of nitrogens with one attached hydrogen (secondary N) is 1. The SMILES string of the molecule is CCC(=O)N1c2ccccc2NC2=C(C(=O)CC(C)(C)C2)[C@H]1c1ccc2c(c1)OCO2. The number of amides is 1. The molecule has 1 amide bonds. The van der Waals surface area contributed by atoms with Gasteiger partial charge in [-0.05, 0) is 41.7 Å². The number of allylic oxidation sites excluding steroid dienone is 1. The quantitative estimate of drug-likeness (QED) is 0.746. The molecule has 6 nitrogen and oxygen atoms in total. The molecule has 0 radical (unpaired) electrons. The highest BCUT2D eigenvalue weighted by atomic mass is 16.7. The summed E-state index contributed by atoms with van der Waals surface area (Å²) in [5, 5.41) is 3.52. The van der Waals surface area contributed by atoms with Gasteiger partial charge < -0.3 is 14.8 Å². The summed E-state index contributed by atoms with van der Waals surface area (Å²) in [6.07, 6.45) is 1.51. The van der Waals surface area contributed by atoms with Gasteiger partial charge >= 0.3 is 0 Å². The van der Waals surface area contributed by atoms with E-state index in [1.54, 1.807) is 4.90 Å². The fourth-order valence-corrected chi connectivity index (χ4v) is 4.83. The van der Waals surface area contributed by atoms with E-state index in [2.05, 4.69) is 19.2 Å². The molecule has 0 aromatic heterocycles. The molecule has 1 aliphatic carbocycles. The van der Waals surface area contributed by atoms with Crippen molar-refractivity contribution in [2.24, 2.45) is 5.41 Å². The van der Waals surface area contributed by atoms with Gasteiger partial charge in [0.05, 0.1) is 17.4 Å². The first-order valence-corrected chi connectivity index (χ1v) is 10.7. The predicted molar refractivity (Wildman–Crippen MR) is 118 cm³/mol. The molecule has 1 N–H and O–H groups in total. The van der Waals surface area contributed by atoms with Crippen LogP contribution in [0.4, 0.5) is 11.4 Å². The third kappa shape index (κ3) is 3.26. The summed E-state index contributed by atoms with van der Waals surface area (Å²) in [6.45, 7) is 6.24. The van der Waals surface area contributed by atoms with Crippen LogP contribution in [0.1, 0.15) is 51.6 Å². The minimum Gasteiger partial charge on any atom is -0.454 e. The van der Waals surface area contributed by atoms with E-state index in [-0.39, 0.29) is 23.9 Å². The van der Waals surface area contributed by atoms with Gasteiger partial charge in [-0.2, -0.15) is 0 Å². The van der Waals surface area contributed by atoms with Crippen LogP contribution in [0.5, 0.6) is 11.5 Å². The van der Waals surface area contributed by atoms with E-state index in [0.29, 0.717) is 29.9 Å². The molecule has 0 fully saturated rings. The van der Waals surface area contributed by atoms with Crippen LogP contribution in [0.2, 0.25) is 0 Å². The van der Waals surface area contributed by atoms with Crippen LogP contribution in [0.15, 0.2) is 53.7 Å². The van der Waals surface area contributed by atoms with E-state index in [4.69, 9.17) is 9.47 Å². The molecular formula is C25H26N2O4. The lowest BCUT2D eigenvalue weighted by atomic mass is 9.73. The molecule has 0 saturated carbocycles. The van der Waals surface area contributed by atoms with Gasteiger partial charge in [-0.25, -0.2) is 0 Å². The first-order chi connectivity index (χ1) is 14.9. The van der Waals surface area contributed by atoms with Crippen LogP contribution >= 0.6 is 0 Å². The lowest BCUT2D eigenvalue weighted by Gasteiger charge is -2.37. The van der Waals surface area contributed by atoms with Crippen molar-refractivity contribution in [3.05, 3.63) is 59.3 Å². The molecule has 5 rings (SSSR count). The molecule has 0 saturated heterocycles. The van der Waals surface area contributed by atoms with E-state index in [1.165, 1.54) is 0 Å². The highest BCUT2D eigenvalue weighted by Crippen LogP contribution is 2.49. The molecule has 0 unspecified atom stereocenters. The van der Waals surface area contributed by atoms with Crippen LogP contribution in [-0.2, 0) is 9.59 Å². The summed E-state index contributed by atoms with van der Waals surface area (Å²) in [6, 6.07) is 12.9. The third-order valence-electron chi connectivity index (χ3n) is 6.18. The van der Waals surface area contributed by atoms with Crippen LogP contribution in [0, 0.1) is 5.41 Å². The van der Waals surface area contributed by atoms with Gasteiger partial charge in [0.25, 0.3) is 0 Å². The topological polar surface area (TPSA) is 67.9 Å². The normalized spacial score (nSPS) is 21.2. The van der Waals surface area contributed by atoms with Gasteiger partial charge in [0.15, 0.2) is 17.3 Å². The second-order valence-corrected chi connectivity index (χ2v) is 9.11. The number of hydrogen-bond donors (Lipinski definition) is 1. The largest absolute Gasteiger partial charge is 0.454 e. The first-order valence-electron chi connectivity index (χ1n) is 10.7. The van der Waals surface area contributed by atoms with Gasteiger partial charge in [-0.15, -0.1) is 0 Å². The Kier molecular flexibility index (Phi) is 4.54. The molecule has 2 heterocycles. The van der Waals surface area contributed by atoms with Crippen molar-refractivity contribution in [2.45, 2.75) is 46.1 Å². The maximum absolute atomic E-state index is 13.5. The molecule has 2 aromatic rings. The van der Waals surface area contributed by atoms with Gasteiger partial charge in [0.2, 0.25) is 12.7 Å². The van der Waals surface area contributed by atoms with Gasteiger partial charge in [-0.1, -0.05) is 39.0 Å². The first kappa shape index (κ1) is 19.7. The highest BCUT2D eigenvalue weighted by Gasteiger charge is 2.43. The molecular weight excluding hydrogens is 392 g/mol. The number of nitrogens with zero attached hydrogens (tertiary/aromatic N) is 1. The number of carbonyl (C=O) groups excluding carboxylic acids is 2.